The third-order valence-electron chi connectivity index (χ3n) is 4.39. The molecular weight excluding hydrogens is 311 g/mol. The quantitative estimate of drug-likeness (QED) is 0.719. The zero-order chi connectivity index (χ0) is 17.3. The summed E-state index contributed by atoms with van der Waals surface area (Å²) in [5, 5.41) is 1.13. The first-order valence-electron chi connectivity index (χ1n) is 7.54. The second-order valence-electron chi connectivity index (χ2n) is 7.69. The molecule has 124 valence electrons. The van der Waals surface area contributed by atoms with Gasteiger partial charge in [-0.1, -0.05) is 44.7 Å². The summed E-state index contributed by atoms with van der Waals surface area (Å²) in [6, 6.07) is 4.49. The van der Waals surface area contributed by atoms with Gasteiger partial charge in [-0.2, -0.15) is 0 Å². The van der Waals surface area contributed by atoms with Gasteiger partial charge in [0, 0.05) is 26.9 Å². The van der Waals surface area contributed by atoms with Crippen LogP contribution in [0.1, 0.15) is 65.2 Å². The molecule has 0 unspecified atom stereocenters. The topological polar surface area (TPSA) is 18.5 Å². The van der Waals surface area contributed by atoms with E-state index in [9.17, 15) is 0 Å². The molecule has 22 heavy (non-hydrogen) atoms. The predicted octanol–water partition coefficient (Wildman–Crippen LogP) is 4.78. The van der Waals surface area contributed by atoms with Crippen molar-refractivity contribution in [2.24, 2.45) is 0 Å². The lowest BCUT2D eigenvalue weighted by atomic mass is 9.80. The molecule has 2 nitrogen and oxygen atoms in total. The summed E-state index contributed by atoms with van der Waals surface area (Å²) >= 11 is 5.42. The zero-order valence-corrected chi connectivity index (χ0v) is 17.0. The Morgan fingerprint density at radius 1 is 0.818 bits per heavy atom. The molecule has 1 rings (SSSR count). The van der Waals surface area contributed by atoms with Crippen molar-refractivity contribution in [3.63, 3.8) is 0 Å². The first-order chi connectivity index (χ1) is 9.90. The number of benzene rings is 1. The zero-order valence-electron chi connectivity index (χ0n) is 15.3. The van der Waals surface area contributed by atoms with E-state index in [4.69, 9.17) is 21.3 Å². The first-order valence-corrected chi connectivity index (χ1v) is 9.44. The van der Waals surface area contributed by atoms with Gasteiger partial charge >= 0.3 is 0 Å². The average Bonchev–Trinajstić information content (AvgIpc) is 2.44. The van der Waals surface area contributed by atoms with Crippen LogP contribution in [0.25, 0.3) is 0 Å². The molecule has 1 aromatic carbocycles. The lowest BCUT2D eigenvalue weighted by Crippen LogP contribution is -2.33. The lowest BCUT2D eigenvalue weighted by molar-refractivity contribution is 0.0150. The van der Waals surface area contributed by atoms with Crippen LogP contribution in [0.3, 0.4) is 0 Å². The SMILES string of the molecule is COC(C)(C)c1cc(C(C)(C)C)cc(C(C)(C)OC)c1P=S. The van der Waals surface area contributed by atoms with Gasteiger partial charge in [0.1, 0.15) is 0 Å². The standard InChI is InChI=1S/C18H29O2PS/c1-16(2,3)12-10-13(17(4,5)19-8)15(21-22)14(11-12)18(6,7)20-9/h10-11H,1-9H3. The maximum atomic E-state index is 5.74. The highest BCUT2D eigenvalue weighted by molar-refractivity contribution is 7.99. The number of hydrogen-bond acceptors (Lipinski definition) is 3. The Kier molecular flexibility index (Phi) is 5.95. The molecule has 0 saturated carbocycles. The predicted molar refractivity (Wildman–Crippen MR) is 99.1 cm³/mol. The molecule has 0 fully saturated rings. The van der Waals surface area contributed by atoms with Gasteiger partial charge in [0.15, 0.2) is 0 Å². The van der Waals surface area contributed by atoms with Crippen LogP contribution in [0, 0.1) is 0 Å². The molecule has 0 bridgehead atoms. The molecule has 0 aromatic heterocycles. The third-order valence-corrected chi connectivity index (χ3v) is 5.60. The molecule has 0 radical (unpaired) electrons. The lowest BCUT2D eigenvalue weighted by Gasteiger charge is -2.34. The summed E-state index contributed by atoms with van der Waals surface area (Å²) in [5.74, 6) is 0. The van der Waals surface area contributed by atoms with Crippen LogP contribution in [0.5, 0.6) is 0 Å². The van der Waals surface area contributed by atoms with E-state index in [1.807, 2.05) is 0 Å². The average molecular weight is 340 g/mol. The second kappa shape index (κ2) is 6.65. The normalized spacial score (nSPS) is 13.7. The van der Waals surface area contributed by atoms with E-state index in [0.717, 1.165) is 23.8 Å². The molecule has 0 heterocycles. The molecule has 0 aliphatic rings. The molecule has 0 aliphatic heterocycles. The molecule has 0 spiro atoms. The van der Waals surface area contributed by atoms with E-state index in [1.54, 1.807) is 14.2 Å². The van der Waals surface area contributed by atoms with Crippen molar-refractivity contribution in [3.05, 3.63) is 28.8 Å². The first kappa shape index (κ1) is 19.7. The van der Waals surface area contributed by atoms with Crippen LogP contribution in [0.15, 0.2) is 12.1 Å². The molecule has 0 atom stereocenters. The third kappa shape index (κ3) is 3.94. The van der Waals surface area contributed by atoms with Gasteiger partial charge in [0.25, 0.3) is 0 Å². The van der Waals surface area contributed by atoms with Gasteiger partial charge in [-0.25, -0.2) is 0 Å². The van der Waals surface area contributed by atoms with Crippen LogP contribution in [0.2, 0.25) is 0 Å². The monoisotopic (exact) mass is 340 g/mol. The summed E-state index contributed by atoms with van der Waals surface area (Å²) in [5.41, 5.74) is 2.85. The smallest absolute Gasteiger partial charge is 0.0881 e. The Morgan fingerprint density at radius 2 is 1.18 bits per heavy atom. The van der Waals surface area contributed by atoms with E-state index in [2.05, 4.69) is 60.6 Å². The highest BCUT2D eigenvalue weighted by atomic mass is 32.4. The van der Waals surface area contributed by atoms with Crippen LogP contribution < -0.4 is 5.30 Å². The van der Waals surface area contributed by atoms with Gasteiger partial charge in [0.2, 0.25) is 0 Å². The van der Waals surface area contributed by atoms with E-state index in [1.165, 1.54) is 5.56 Å². The number of ether oxygens (including phenoxy) is 2. The van der Waals surface area contributed by atoms with E-state index in [0.29, 0.717) is 0 Å². The molecular formula is C18H29O2PS. The van der Waals surface area contributed by atoms with E-state index >= 15 is 0 Å². The maximum Gasteiger partial charge on any atom is 0.0881 e. The van der Waals surface area contributed by atoms with Gasteiger partial charge in [-0.05, 0) is 49.8 Å². The summed E-state index contributed by atoms with van der Waals surface area (Å²) in [6.07, 6.45) is 0. The fourth-order valence-corrected chi connectivity index (χ4v) is 3.76. The second-order valence-corrected chi connectivity index (χ2v) is 8.87. The Hall–Kier alpha value is -0.340. The van der Waals surface area contributed by atoms with Crippen LogP contribution in [-0.2, 0) is 37.9 Å². The molecule has 0 aliphatic carbocycles. The summed E-state index contributed by atoms with van der Waals surface area (Å²) < 4.78 is 11.5. The highest BCUT2D eigenvalue weighted by Crippen LogP contribution is 2.35. The minimum Gasteiger partial charge on any atom is -0.374 e. The van der Waals surface area contributed by atoms with E-state index < -0.39 is 0 Å². The fourth-order valence-electron chi connectivity index (χ4n) is 2.30. The van der Waals surface area contributed by atoms with Gasteiger partial charge in [-0.15, -0.1) is 0 Å². The van der Waals surface area contributed by atoms with Crippen LogP contribution >= 0.6 is 7.36 Å². The largest absolute Gasteiger partial charge is 0.374 e. The maximum absolute atomic E-state index is 5.74. The Labute approximate surface area is 142 Å². The van der Waals surface area contributed by atoms with Crippen molar-refractivity contribution < 1.29 is 9.47 Å². The number of rotatable bonds is 5. The Bertz CT molecular complexity index is 520. The number of methoxy groups -OCH3 is 2. The fraction of sp³-hybridized carbons (Fsp3) is 0.667. The Morgan fingerprint density at radius 3 is 1.41 bits per heavy atom. The van der Waals surface area contributed by atoms with Crippen molar-refractivity contribution >= 4 is 24.5 Å². The van der Waals surface area contributed by atoms with Gasteiger partial charge in [0.05, 0.1) is 11.2 Å². The van der Waals surface area contributed by atoms with Crippen molar-refractivity contribution in [2.75, 3.05) is 14.2 Å². The minimum atomic E-state index is -0.388. The minimum absolute atomic E-state index is 0.0496. The van der Waals surface area contributed by atoms with Gasteiger partial charge in [-0.3, -0.25) is 0 Å². The summed E-state index contributed by atoms with van der Waals surface area (Å²) in [7, 11) is 4.31. The van der Waals surface area contributed by atoms with Crippen LogP contribution in [-0.4, -0.2) is 14.2 Å². The Balaban J connectivity index is 3.84. The molecule has 0 saturated heterocycles. The summed E-state index contributed by atoms with van der Waals surface area (Å²) in [6.45, 7) is 15.0. The van der Waals surface area contributed by atoms with Crippen LogP contribution in [0.4, 0.5) is 0 Å². The molecule has 0 N–H and O–H groups in total. The highest BCUT2D eigenvalue weighted by Gasteiger charge is 2.32. The van der Waals surface area contributed by atoms with Crippen molar-refractivity contribution in [1.82, 2.24) is 0 Å². The molecule has 0 amide bonds. The number of hydrogen-bond donors (Lipinski definition) is 0. The van der Waals surface area contributed by atoms with Crippen molar-refractivity contribution in [3.8, 4) is 0 Å². The van der Waals surface area contributed by atoms with Crippen molar-refractivity contribution in [1.29, 1.82) is 0 Å². The summed E-state index contributed by atoms with van der Waals surface area (Å²) in [4.78, 5) is 0. The molecule has 1 aromatic rings. The molecule has 4 heteroatoms. The van der Waals surface area contributed by atoms with Gasteiger partial charge < -0.3 is 9.47 Å². The van der Waals surface area contributed by atoms with E-state index in [-0.39, 0.29) is 16.6 Å². The van der Waals surface area contributed by atoms with Crippen molar-refractivity contribution in [2.45, 2.75) is 65.1 Å².